The van der Waals surface area contributed by atoms with Crippen LogP contribution in [0.4, 0.5) is 11.6 Å². The molecule has 12 atom stereocenters. The van der Waals surface area contributed by atoms with E-state index in [1.54, 1.807) is 26.6 Å². The molecular weight excluding hydrogens is 952 g/mol. The topological polar surface area (TPSA) is 372 Å². The summed E-state index contributed by atoms with van der Waals surface area (Å²) in [5.41, 5.74) is 1.11. The normalized spacial score (nSPS) is 28.9. The van der Waals surface area contributed by atoms with E-state index in [2.05, 4.69) is 53.5 Å². The fraction of sp³-hybridized carbons (Fsp3) is 0.583. The maximum Gasteiger partial charge on any atom is 0.488 e. The summed E-state index contributed by atoms with van der Waals surface area (Å²) in [7, 11) is -8.57. The van der Waals surface area contributed by atoms with Gasteiger partial charge in [0.25, 0.3) is 0 Å². The Morgan fingerprint density at radius 3 is 1.39 bits per heavy atom. The van der Waals surface area contributed by atoms with E-state index in [0.29, 0.717) is 33.0 Å². The number of fused-ring (bicyclic) bond motifs is 2. The summed E-state index contributed by atoms with van der Waals surface area (Å²) in [6, 6.07) is 0. The minimum absolute atomic E-state index is 0.232. The van der Waals surface area contributed by atoms with Crippen molar-refractivity contribution in [2.24, 2.45) is 0 Å². The van der Waals surface area contributed by atoms with Gasteiger partial charge in [-0.15, -0.1) is 0 Å². The molecule has 4 aromatic rings. The van der Waals surface area contributed by atoms with E-state index in [1.807, 2.05) is 0 Å². The van der Waals surface area contributed by atoms with Crippen molar-refractivity contribution >= 4 is 110 Å². The molecule has 0 aromatic carbocycles. The molecule has 2 saturated heterocycles. The third-order valence-electron chi connectivity index (χ3n) is 8.29. The van der Waals surface area contributed by atoms with Gasteiger partial charge in [-0.25, -0.2) is 47.7 Å². The molecule has 0 bridgehead atoms. The van der Waals surface area contributed by atoms with Crippen molar-refractivity contribution in [2.45, 2.75) is 59.4 Å². The molecule has 4 unspecified atom stereocenters. The van der Waals surface area contributed by atoms with Gasteiger partial charge in [0, 0.05) is 14.1 Å². The lowest BCUT2D eigenvalue weighted by atomic mass is 10.1. The number of thioether (sulfide) groups is 2. The number of nitrogens with one attached hydrogen (secondary N) is 2. The first kappa shape index (κ1) is 47.0. The molecule has 0 spiro atoms. The predicted octanol–water partition coefficient (Wildman–Crippen LogP) is 0.149. The van der Waals surface area contributed by atoms with Crippen LogP contribution in [0.5, 0.6) is 0 Å². The van der Waals surface area contributed by atoms with E-state index in [0.717, 1.165) is 0 Å². The quantitative estimate of drug-likeness (QED) is 0.0360. The maximum atomic E-state index is 12.7. The molecular formula is C24H36N10O17P4S4. The zero-order chi connectivity index (χ0) is 43.2. The lowest BCUT2D eigenvalue weighted by Crippen LogP contribution is -2.33. The summed E-state index contributed by atoms with van der Waals surface area (Å²) < 4.78 is 62.5. The van der Waals surface area contributed by atoms with Gasteiger partial charge in [-0.05, 0) is 36.1 Å². The maximum absolute atomic E-state index is 12.7. The van der Waals surface area contributed by atoms with Crippen molar-refractivity contribution in [1.82, 2.24) is 39.0 Å². The molecule has 0 amide bonds. The Bertz CT molecular complexity index is 2230. The van der Waals surface area contributed by atoms with Gasteiger partial charge in [0.05, 0.1) is 25.9 Å². The van der Waals surface area contributed by atoms with Crippen LogP contribution in [0.1, 0.15) is 12.5 Å². The Balaban J connectivity index is 1.03. The Kier molecular flexibility index (Phi) is 14.6. The highest BCUT2D eigenvalue weighted by Crippen LogP contribution is 2.71. The number of aliphatic hydroxyl groups is 4. The van der Waals surface area contributed by atoms with Gasteiger partial charge in [0.15, 0.2) is 56.7 Å². The summed E-state index contributed by atoms with van der Waals surface area (Å²) in [6.07, 6.45) is -6.02. The van der Waals surface area contributed by atoms with Gasteiger partial charge in [0.2, 0.25) is 0 Å². The molecule has 4 aromatic heterocycles. The van der Waals surface area contributed by atoms with Crippen LogP contribution in [0, 0.1) is 0 Å². The van der Waals surface area contributed by atoms with Crippen molar-refractivity contribution in [1.29, 1.82) is 0 Å². The molecule has 6 heterocycles. The second kappa shape index (κ2) is 18.3. The first-order valence-corrected chi connectivity index (χ1v) is 26.9. The molecule has 2 aliphatic heterocycles. The molecule has 6 rings (SSSR count). The van der Waals surface area contributed by atoms with E-state index in [1.165, 1.54) is 45.3 Å². The van der Waals surface area contributed by atoms with Gasteiger partial charge in [-0.1, -0.05) is 23.5 Å². The lowest BCUT2D eigenvalue weighted by Gasteiger charge is -2.24. The highest BCUT2D eigenvalue weighted by Gasteiger charge is 2.48. The van der Waals surface area contributed by atoms with Crippen molar-refractivity contribution in [3.63, 3.8) is 0 Å². The number of nitrogens with zero attached hydrogens (tertiary/aromatic N) is 8. The van der Waals surface area contributed by atoms with Crippen LogP contribution in [-0.2, 0) is 64.2 Å². The lowest BCUT2D eigenvalue weighted by molar-refractivity contribution is -0.0488. The molecule has 0 radical (unpaired) electrons. The van der Waals surface area contributed by atoms with Crippen LogP contribution in [0.25, 0.3) is 22.3 Å². The third kappa shape index (κ3) is 10.5. The summed E-state index contributed by atoms with van der Waals surface area (Å²) in [5, 5.41) is 49.4. The highest BCUT2D eigenvalue weighted by atomic mass is 32.5. The molecule has 59 heavy (non-hydrogen) atoms. The van der Waals surface area contributed by atoms with E-state index < -0.39 is 91.4 Å². The molecule has 2 aliphatic rings. The minimum Gasteiger partial charge on any atom is -0.387 e. The Hall–Kier alpha value is -1.44. The smallest absolute Gasteiger partial charge is 0.387 e. The SMILES string of the molecule is CNc1nc(SC)nc2c1ncn2[C@@H]1O[C@H](COP(O)(=S)OP(=O)(O)OP(=O)(O)OP(O)(=S)OC[C@H]2O[C@@H](n3cnc4c(NC)nc(SC)nc43)[C@H](O)[C@@H]2O)[C@@H](O)[C@H]1O. The van der Waals surface area contributed by atoms with E-state index >= 15 is 0 Å². The number of hydrogen-bond acceptors (Lipinski definition) is 25. The summed E-state index contributed by atoms with van der Waals surface area (Å²) in [5.74, 6) is 0.755. The third-order valence-corrected chi connectivity index (χ3v) is 17.1. The molecule has 35 heteroatoms. The van der Waals surface area contributed by atoms with Crippen molar-refractivity contribution in [2.75, 3.05) is 50.5 Å². The fourth-order valence-corrected chi connectivity index (χ4v) is 13.2. The predicted molar refractivity (Wildman–Crippen MR) is 213 cm³/mol. The van der Waals surface area contributed by atoms with Gasteiger partial charge in [-0.2, -0.15) is 4.31 Å². The van der Waals surface area contributed by atoms with Crippen LogP contribution in [-0.4, -0.2) is 155 Å². The van der Waals surface area contributed by atoms with Gasteiger partial charge < -0.3 is 69.2 Å². The first-order chi connectivity index (χ1) is 27.6. The van der Waals surface area contributed by atoms with Crippen molar-refractivity contribution in [3.8, 4) is 0 Å². The van der Waals surface area contributed by atoms with Crippen molar-refractivity contribution < 1.29 is 80.6 Å². The average molecular weight is 989 g/mol. The summed E-state index contributed by atoms with van der Waals surface area (Å²) in [6.45, 7) is -11.5. The zero-order valence-electron chi connectivity index (χ0n) is 30.4. The van der Waals surface area contributed by atoms with Crippen LogP contribution in [0.15, 0.2) is 23.0 Å². The highest BCUT2D eigenvalue weighted by molar-refractivity contribution is 8.09. The number of anilines is 2. The molecule has 27 nitrogen and oxygen atoms in total. The standard InChI is InChI=1S/C24H36N10O17P4S4/c1-25-17-11-19(31-23(29-17)58-3)33(7-27-11)21-15(37)13(35)9(47-21)5-45-54(43,56)50-52(39,40)49-53(41,42)51-55(44,57)46-6-10-14(36)16(38)22(48-10)34-8-28-12-18(26-2)30-24(59-4)32-20(12)34/h7-10,13-16,21-22,35-38H,5-6H2,1-4H3,(H,39,40)(H,41,42)(H,43,56)(H,44,57)(H,25,29,31)(H,26,30,32)/t9-,10-,13-,14-,15-,16-,21-,22-,54?,55?/m1/s1. The van der Waals surface area contributed by atoms with Crippen LogP contribution in [0.2, 0.25) is 0 Å². The van der Waals surface area contributed by atoms with Crippen LogP contribution in [0.3, 0.4) is 0 Å². The van der Waals surface area contributed by atoms with Gasteiger partial charge in [0.1, 0.15) is 36.6 Å². The van der Waals surface area contributed by atoms with Crippen molar-refractivity contribution in [3.05, 3.63) is 12.7 Å². The van der Waals surface area contributed by atoms with E-state index in [9.17, 15) is 49.1 Å². The molecule has 328 valence electrons. The fourth-order valence-electron chi connectivity index (χ4n) is 5.69. The van der Waals surface area contributed by atoms with Gasteiger partial charge >= 0.3 is 29.1 Å². The number of ether oxygens (including phenoxy) is 2. The first-order valence-electron chi connectivity index (χ1n) is 16.3. The number of aliphatic hydroxyl groups excluding tert-OH is 4. The Morgan fingerprint density at radius 2 is 1.05 bits per heavy atom. The van der Waals surface area contributed by atoms with Crippen LogP contribution >= 0.6 is 52.6 Å². The van der Waals surface area contributed by atoms with E-state index in [-0.39, 0.29) is 11.3 Å². The second-order valence-corrected chi connectivity index (χ2v) is 22.6. The van der Waals surface area contributed by atoms with Gasteiger partial charge in [-0.3, -0.25) is 9.13 Å². The number of phosphoric acid groups is 2. The number of hydrogen-bond donors (Lipinski definition) is 10. The minimum atomic E-state index is -5.90. The molecule has 10 N–H and O–H groups in total. The second-order valence-electron chi connectivity index (χ2n) is 12.1. The number of imidazole rings is 2. The monoisotopic (exact) mass is 988 g/mol. The number of aromatic nitrogens is 8. The summed E-state index contributed by atoms with van der Waals surface area (Å²) in [4.78, 5) is 67.2. The Morgan fingerprint density at radius 1 is 0.678 bits per heavy atom. The summed E-state index contributed by atoms with van der Waals surface area (Å²) >= 11 is 11.9. The molecule has 0 aliphatic carbocycles. The number of rotatable bonds is 18. The largest absolute Gasteiger partial charge is 0.488 e. The zero-order valence-corrected chi connectivity index (χ0v) is 37.3. The Labute approximate surface area is 350 Å². The molecule has 2 fully saturated rings. The molecule has 0 saturated carbocycles. The van der Waals surface area contributed by atoms with Crippen LogP contribution < -0.4 is 10.6 Å². The van der Waals surface area contributed by atoms with E-state index in [4.69, 9.17) is 42.1 Å². The average Bonchev–Trinajstić information content (AvgIpc) is 3.91.